The van der Waals surface area contributed by atoms with Crippen molar-refractivity contribution in [3.63, 3.8) is 0 Å². The second kappa shape index (κ2) is 6.83. The Morgan fingerprint density at radius 3 is 2.72 bits per heavy atom. The highest BCUT2D eigenvalue weighted by atomic mass is 16.6. The van der Waals surface area contributed by atoms with Crippen molar-refractivity contribution in [2.24, 2.45) is 0 Å². The molecule has 0 unspecified atom stereocenters. The summed E-state index contributed by atoms with van der Waals surface area (Å²) in [6.45, 7) is 13.1. The Balaban J connectivity index is 1.55. The summed E-state index contributed by atoms with van der Waals surface area (Å²) in [7, 11) is 0. The third kappa shape index (κ3) is 4.06. The zero-order valence-corrected chi connectivity index (χ0v) is 15.6. The molecule has 3 rings (SSSR count). The van der Waals surface area contributed by atoms with Crippen molar-refractivity contribution >= 4 is 12.0 Å². The minimum Gasteiger partial charge on any atom is -0.492 e. The molecule has 2 aliphatic heterocycles. The van der Waals surface area contributed by atoms with Crippen molar-refractivity contribution in [3.8, 4) is 5.75 Å². The number of carbonyl (C=O) groups excluding carboxylic acids is 1. The third-order valence-corrected chi connectivity index (χ3v) is 5.18. The molecular weight excluding hydrogens is 314 g/mol. The van der Waals surface area contributed by atoms with Crippen molar-refractivity contribution in [2.45, 2.75) is 51.0 Å². The molecule has 1 saturated heterocycles. The molecule has 1 spiro atoms. The first-order valence-electron chi connectivity index (χ1n) is 9.15. The number of hydrogen-bond donors (Lipinski definition) is 0. The summed E-state index contributed by atoms with van der Waals surface area (Å²) in [5.41, 5.74) is 2.17. The molecule has 25 heavy (non-hydrogen) atoms. The average molecular weight is 343 g/mol. The van der Waals surface area contributed by atoms with E-state index in [1.807, 2.05) is 26.8 Å². The van der Waals surface area contributed by atoms with Crippen LogP contribution >= 0.6 is 0 Å². The molecule has 0 aliphatic carbocycles. The SMILES string of the molecule is C=Cc1ccc2c(c1)OCC21CCN(CCC(=O)OC(C)(C)C)CC1. The van der Waals surface area contributed by atoms with E-state index in [-0.39, 0.29) is 11.4 Å². The van der Waals surface area contributed by atoms with Crippen molar-refractivity contribution < 1.29 is 14.3 Å². The molecule has 0 atom stereocenters. The van der Waals surface area contributed by atoms with E-state index >= 15 is 0 Å². The van der Waals surface area contributed by atoms with E-state index in [9.17, 15) is 4.79 Å². The van der Waals surface area contributed by atoms with E-state index in [2.05, 4.69) is 29.7 Å². The molecule has 4 nitrogen and oxygen atoms in total. The molecule has 0 saturated carbocycles. The summed E-state index contributed by atoms with van der Waals surface area (Å²) in [5.74, 6) is 0.902. The van der Waals surface area contributed by atoms with Gasteiger partial charge in [0, 0.05) is 17.5 Å². The number of fused-ring (bicyclic) bond motifs is 2. The molecule has 0 radical (unpaired) electrons. The van der Waals surface area contributed by atoms with Crippen LogP contribution < -0.4 is 4.74 Å². The molecule has 1 fully saturated rings. The molecule has 2 aliphatic rings. The predicted molar refractivity (Wildman–Crippen MR) is 99.8 cm³/mol. The summed E-state index contributed by atoms with van der Waals surface area (Å²) in [6, 6.07) is 6.42. The Labute approximate surface area is 150 Å². The Morgan fingerprint density at radius 2 is 2.08 bits per heavy atom. The van der Waals surface area contributed by atoms with E-state index in [0.29, 0.717) is 6.42 Å². The number of likely N-dealkylation sites (tertiary alicyclic amines) is 1. The number of esters is 1. The smallest absolute Gasteiger partial charge is 0.307 e. The van der Waals surface area contributed by atoms with Crippen molar-refractivity contribution in [1.29, 1.82) is 0 Å². The van der Waals surface area contributed by atoms with Gasteiger partial charge in [0.2, 0.25) is 0 Å². The number of hydrogen-bond acceptors (Lipinski definition) is 4. The van der Waals surface area contributed by atoms with Gasteiger partial charge in [0.15, 0.2) is 0 Å². The number of ether oxygens (including phenoxy) is 2. The van der Waals surface area contributed by atoms with E-state index in [1.165, 1.54) is 5.56 Å². The molecule has 0 N–H and O–H groups in total. The van der Waals surface area contributed by atoms with Crippen molar-refractivity contribution in [3.05, 3.63) is 35.9 Å². The molecular formula is C21H29NO3. The Hall–Kier alpha value is -1.81. The first-order valence-corrected chi connectivity index (χ1v) is 9.15. The first kappa shape index (κ1) is 18.0. The molecule has 4 heteroatoms. The number of nitrogens with zero attached hydrogens (tertiary/aromatic N) is 1. The van der Waals surface area contributed by atoms with Crippen LogP contribution in [-0.2, 0) is 14.9 Å². The molecule has 0 aromatic heterocycles. The molecule has 0 bridgehead atoms. The maximum absolute atomic E-state index is 11.9. The lowest BCUT2D eigenvalue weighted by atomic mass is 9.74. The van der Waals surface area contributed by atoms with Gasteiger partial charge in [-0.25, -0.2) is 0 Å². The zero-order chi connectivity index (χ0) is 18.1. The van der Waals surface area contributed by atoms with Crippen LogP contribution in [-0.4, -0.2) is 42.7 Å². The molecule has 2 heterocycles. The summed E-state index contributed by atoms with van der Waals surface area (Å²) in [5, 5.41) is 0. The summed E-state index contributed by atoms with van der Waals surface area (Å²) >= 11 is 0. The van der Waals surface area contributed by atoms with E-state index in [0.717, 1.165) is 50.4 Å². The number of piperidine rings is 1. The highest BCUT2D eigenvalue weighted by Crippen LogP contribution is 2.45. The maximum Gasteiger partial charge on any atom is 0.307 e. The highest BCUT2D eigenvalue weighted by molar-refractivity contribution is 5.70. The van der Waals surface area contributed by atoms with Gasteiger partial charge >= 0.3 is 5.97 Å². The van der Waals surface area contributed by atoms with Gasteiger partial charge in [-0.05, 0) is 58.3 Å². The third-order valence-electron chi connectivity index (χ3n) is 5.18. The van der Waals surface area contributed by atoms with Crippen molar-refractivity contribution in [2.75, 3.05) is 26.2 Å². The van der Waals surface area contributed by atoms with Crippen LogP contribution in [0.15, 0.2) is 24.8 Å². The highest BCUT2D eigenvalue weighted by Gasteiger charge is 2.42. The Morgan fingerprint density at radius 1 is 1.36 bits per heavy atom. The van der Waals surface area contributed by atoms with Crippen LogP contribution in [0.5, 0.6) is 5.75 Å². The molecule has 136 valence electrons. The first-order chi connectivity index (χ1) is 11.8. The standard InChI is InChI=1S/C21H29NO3/c1-5-16-6-7-17-18(14-16)24-15-21(17)9-12-22(13-10-21)11-8-19(23)25-20(2,3)4/h5-7,14H,1,8-13,15H2,2-4H3. The summed E-state index contributed by atoms with van der Waals surface area (Å²) in [4.78, 5) is 14.3. The van der Waals surface area contributed by atoms with Gasteiger partial charge in [0.25, 0.3) is 0 Å². The summed E-state index contributed by atoms with van der Waals surface area (Å²) < 4.78 is 11.4. The number of carbonyl (C=O) groups is 1. The van der Waals surface area contributed by atoms with Gasteiger partial charge < -0.3 is 14.4 Å². The lowest BCUT2D eigenvalue weighted by Gasteiger charge is -2.38. The van der Waals surface area contributed by atoms with Gasteiger partial charge in [0.05, 0.1) is 13.0 Å². The predicted octanol–water partition coefficient (Wildman–Crippen LogP) is 3.79. The molecule has 0 amide bonds. The van der Waals surface area contributed by atoms with Gasteiger partial charge in [-0.2, -0.15) is 0 Å². The average Bonchev–Trinajstić information content (AvgIpc) is 2.91. The second-order valence-electron chi connectivity index (χ2n) is 8.21. The van der Waals surface area contributed by atoms with Crippen LogP contribution in [0, 0.1) is 0 Å². The lowest BCUT2D eigenvalue weighted by Crippen LogP contribution is -2.44. The van der Waals surface area contributed by atoms with Gasteiger partial charge in [-0.3, -0.25) is 4.79 Å². The monoisotopic (exact) mass is 343 g/mol. The lowest BCUT2D eigenvalue weighted by molar-refractivity contribution is -0.155. The van der Waals surface area contributed by atoms with Crippen LogP contribution in [0.4, 0.5) is 0 Å². The van der Waals surface area contributed by atoms with Gasteiger partial charge in [-0.15, -0.1) is 0 Å². The molecule has 1 aromatic rings. The van der Waals surface area contributed by atoms with Crippen LogP contribution in [0.3, 0.4) is 0 Å². The Bertz CT molecular complexity index is 652. The minimum absolute atomic E-state index is 0.112. The number of rotatable bonds is 4. The minimum atomic E-state index is -0.405. The maximum atomic E-state index is 11.9. The fraction of sp³-hybridized carbons (Fsp3) is 0.571. The topological polar surface area (TPSA) is 38.8 Å². The second-order valence-corrected chi connectivity index (χ2v) is 8.21. The largest absolute Gasteiger partial charge is 0.492 e. The van der Waals surface area contributed by atoms with Crippen LogP contribution in [0.1, 0.15) is 51.2 Å². The molecule has 1 aromatic carbocycles. The van der Waals surface area contributed by atoms with E-state index in [4.69, 9.17) is 9.47 Å². The fourth-order valence-corrected chi connectivity index (χ4v) is 3.78. The van der Waals surface area contributed by atoms with E-state index < -0.39 is 5.60 Å². The van der Waals surface area contributed by atoms with Gasteiger partial charge in [0.1, 0.15) is 11.4 Å². The number of benzene rings is 1. The van der Waals surface area contributed by atoms with Crippen LogP contribution in [0.25, 0.3) is 6.08 Å². The van der Waals surface area contributed by atoms with Crippen LogP contribution in [0.2, 0.25) is 0 Å². The van der Waals surface area contributed by atoms with Crippen molar-refractivity contribution in [1.82, 2.24) is 4.90 Å². The Kier molecular flexibility index (Phi) is 4.92. The normalized spacial score (nSPS) is 19.3. The summed E-state index contributed by atoms with van der Waals surface area (Å²) in [6.07, 6.45) is 4.46. The fourth-order valence-electron chi connectivity index (χ4n) is 3.78. The van der Waals surface area contributed by atoms with E-state index in [1.54, 1.807) is 0 Å². The zero-order valence-electron chi connectivity index (χ0n) is 15.6. The quantitative estimate of drug-likeness (QED) is 0.780. The van der Waals surface area contributed by atoms with Gasteiger partial charge in [-0.1, -0.05) is 24.8 Å².